The van der Waals surface area contributed by atoms with E-state index in [1.165, 1.54) is 29.2 Å². The van der Waals surface area contributed by atoms with Crippen LogP contribution < -0.4 is 0 Å². The Hall–Kier alpha value is -1.70. The number of rotatable bonds is 12. The number of allylic oxidation sites excluding steroid dienone is 8. The van der Waals surface area contributed by atoms with Crippen LogP contribution in [0.25, 0.3) is 0 Å². The Morgan fingerprint density at radius 1 is 0.600 bits per heavy atom. The number of carbonyl (C=O) groups is 2. The fourth-order valence-corrected chi connectivity index (χ4v) is 2.40. The fraction of sp³-hybridized carbons (Fsp3) is 0.565. The predicted molar refractivity (Wildman–Crippen MR) is 109 cm³/mol. The molecule has 0 heterocycles. The summed E-state index contributed by atoms with van der Waals surface area (Å²) in [6.07, 6.45) is 15.5. The van der Waals surface area contributed by atoms with E-state index in [-0.39, 0.29) is 18.0 Å². The van der Waals surface area contributed by atoms with E-state index in [2.05, 4.69) is 45.9 Å². The van der Waals surface area contributed by atoms with Crippen molar-refractivity contribution >= 4 is 11.6 Å². The van der Waals surface area contributed by atoms with Crippen LogP contribution in [0.15, 0.2) is 46.6 Å². The zero-order valence-corrected chi connectivity index (χ0v) is 17.1. The Kier molecular flexibility index (Phi) is 12.7. The predicted octanol–water partition coefficient (Wildman–Crippen LogP) is 6.68. The molecule has 2 nitrogen and oxygen atoms in total. The van der Waals surface area contributed by atoms with Crippen LogP contribution in [-0.2, 0) is 9.59 Å². The Bertz CT molecular complexity index is 553. The lowest BCUT2D eigenvalue weighted by atomic mass is 10.0. The monoisotopic (exact) mass is 344 g/mol. The molecular formula is C23H36O2. The Balaban J connectivity index is 4.09. The third-order valence-corrected chi connectivity index (χ3v) is 4.18. The first-order valence-electron chi connectivity index (χ1n) is 9.36. The molecule has 0 unspecified atom stereocenters. The van der Waals surface area contributed by atoms with Crippen LogP contribution in [0.4, 0.5) is 0 Å². The first kappa shape index (κ1) is 23.3. The van der Waals surface area contributed by atoms with E-state index in [0.717, 1.165) is 38.5 Å². The number of ketones is 2. The standard InChI is InChI=1S/C23H36O2/c1-18(2)10-7-11-19(3)12-8-13-20(4)14-9-15-21(5)16-17-23(25)22(6)24/h10,12,14,16H,7-9,11,13,15,17H2,1-6H3/b19-12+,20-14+,21-16+. The largest absolute Gasteiger partial charge is 0.291 e. The van der Waals surface area contributed by atoms with E-state index in [1.807, 2.05) is 13.0 Å². The summed E-state index contributed by atoms with van der Waals surface area (Å²) in [6.45, 7) is 12.0. The molecule has 0 aliphatic carbocycles. The summed E-state index contributed by atoms with van der Waals surface area (Å²) in [5, 5.41) is 0. The maximum atomic E-state index is 11.3. The molecule has 0 spiro atoms. The van der Waals surface area contributed by atoms with Crippen molar-refractivity contribution in [3.8, 4) is 0 Å². The van der Waals surface area contributed by atoms with Crippen LogP contribution in [0.1, 0.15) is 86.5 Å². The summed E-state index contributed by atoms with van der Waals surface area (Å²) in [5.41, 5.74) is 5.45. The normalized spacial score (nSPS) is 13.0. The molecule has 25 heavy (non-hydrogen) atoms. The molecule has 0 atom stereocenters. The molecular weight excluding hydrogens is 308 g/mol. The quantitative estimate of drug-likeness (QED) is 0.292. The lowest BCUT2D eigenvalue weighted by Crippen LogP contribution is -2.07. The molecule has 0 fully saturated rings. The molecule has 0 amide bonds. The van der Waals surface area contributed by atoms with Crippen LogP contribution >= 0.6 is 0 Å². The van der Waals surface area contributed by atoms with Crippen LogP contribution in [-0.4, -0.2) is 11.6 Å². The van der Waals surface area contributed by atoms with E-state index in [0.29, 0.717) is 0 Å². The minimum absolute atomic E-state index is 0.237. The number of Topliss-reactive ketones (excluding diaryl/α,β-unsaturated/α-hetero) is 2. The maximum Gasteiger partial charge on any atom is 0.201 e. The summed E-state index contributed by atoms with van der Waals surface area (Å²) in [5.74, 6) is -0.665. The highest BCUT2D eigenvalue weighted by atomic mass is 16.2. The first-order valence-corrected chi connectivity index (χ1v) is 9.36. The molecule has 0 bridgehead atoms. The van der Waals surface area contributed by atoms with Gasteiger partial charge in [-0.1, -0.05) is 46.6 Å². The first-order chi connectivity index (χ1) is 11.7. The van der Waals surface area contributed by atoms with Crippen molar-refractivity contribution in [3.05, 3.63) is 46.6 Å². The molecule has 0 aliphatic heterocycles. The highest BCUT2D eigenvalue weighted by Crippen LogP contribution is 2.13. The summed E-state index contributed by atoms with van der Waals surface area (Å²) < 4.78 is 0. The Morgan fingerprint density at radius 2 is 1.00 bits per heavy atom. The average molecular weight is 345 g/mol. The topological polar surface area (TPSA) is 34.1 Å². The smallest absolute Gasteiger partial charge is 0.201 e. The van der Waals surface area contributed by atoms with Gasteiger partial charge in [0.15, 0.2) is 5.78 Å². The molecule has 140 valence electrons. The summed E-state index contributed by atoms with van der Waals surface area (Å²) in [4.78, 5) is 22.2. The van der Waals surface area contributed by atoms with Gasteiger partial charge in [-0.05, 0) is 73.1 Å². The van der Waals surface area contributed by atoms with Gasteiger partial charge in [0.25, 0.3) is 0 Å². The number of hydrogen-bond donors (Lipinski definition) is 0. The third kappa shape index (κ3) is 14.4. The SMILES string of the molecule is CC(=O)C(=O)C/C=C(\C)CC/C=C(\C)CC/C=C(\C)CCC=C(C)C. The summed E-state index contributed by atoms with van der Waals surface area (Å²) >= 11 is 0. The van der Waals surface area contributed by atoms with E-state index < -0.39 is 0 Å². The average Bonchev–Trinajstić information content (AvgIpc) is 2.52. The highest BCUT2D eigenvalue weighted by Gasteiger charge is 2.04. The van der Waals surface area contributed by atoms with Gasteiger partial charge in [-0.25, -0.2) is 0 Å². The lowest BCUT2D eigenvalue weighted by molar-refractivity contribution is -0.134. The van der Waals surface area contributed by atoms with Gasteiger partial charge < -0.3 is 0 Å². The van der Waals surface area contributed by atoms with Gasteiger partial charge in [0, 0.05) is 13.3 Å². The Labute approximate surface area is 154 Å². The minimum Gasteiger partial charge on any atom is -0.291 e. The van der Waals surface area contributed by atoms with Crippen molar-refractivity contribution in [1.82, 2.24) is 0 Å². The van der Waals surface area contributed by atoms with E-state index in [1.54, 1.807) is 0 Å². The van der Waals surface area contributed by atoms with Gasteiger partial charge in [-0.2, -0.15) is 0 Å². The molecule has 2 heteroatoms. The third-order valence-electron chi connectivity index (χ3n) is 4.18. The van der Waals surface area contributed by atoms with Gasteiger partial charge in [0.1, 0.15) is 0 Å². The minimum atomic E-state index is -0.357. The Morgan fingerprint density at radius 3 is 1.40 bits per heavy atom. The molecule has 0 N–H and O–H groups in total. The zero-order valence-electron chi connectivity index (χ0n) is 17.1. The second-order valence-corrected chi connectivity index (χ2v) is 7.23. The van der Waals surface area contributed by atoms with Gasteiger partial charge in [0.2, 0.25) is 5.78 Å². The molecule has 0 aliphatic rings. The van der Waals surface area contributed by atoms with Crippen molar-refractivity contribution in [1.29, 1.82) is 0 Å². The van der Waals surface area contributed by atoms with Crippen molar-refractivity contribution in [2.75, 3.05) is 0 Å². The molecule has 0 aromatic rings. The molecule has 0 aromatic heterocycles. The van der Waals surface area contributed by atoms with Crippen molar-refractivity contribution in [2.45, 2.75) is 86.5 Å². The zero-order chi connectivity index (χ0) is 19.2. The fourth-order valence-electron chi connectivity index (χ4n) is 2.40. The van der Waals surface area contributed by atoms with Crippen LogP contribution in [0.2, 0.25) is 0 Å². The number of hydrogen-bond acceptors (Lipinski definition) is 2. The molecule has 0 rings (SSSR count). The van der Waals surface area contributed by atoms with Crippen LogP contribution in [0, 0.1) is 0 Å². The van der Waals surface area contributed by atoms with Gasteiger partial charge in [-0.3, -0.25) is 9.59 Å². The molecule has 0 radical (unpaired) electrons. The van der Waals surface area contributed by atoms with Crippen molar-refractivity contribution < 1.29 is 9.59 Å². The van der Waals surface area contributed by atoms with E-state index in [4.69, 9.17) is 0 Å². The highest BCUT2D eigenvalue weighted by molar-refractivity contribution is 6.36. The second kappa shape index (κ2) is 13.6. The summed E-state index contributed by atoms with van der Waals surface area (Å²) in [6, 6.07) is 0. The van der Waals surface area contributed by atoms with E-state index in [9.17, 15) is 9.59 Å². The van der Waals surface area contributed by atoms with Gasteiger partial charge in [-0.15, -0.1) is 0 Å². The van der Waals surface area contributed by atoms with Crippen molar-refractivity contribution in [3.63, 3.8) is 0 Å². The lowest BCUT2D eigenvalue weighted by Gasteiger charge is -2.02. The van der Waals surface area contributed by atoms with Crippen molar-refractivity contribution in [2.24, 2.45) is 0 Å². The summed E-state index contributed by atoms with van der Waals surface area (Å²) in [7, 11) is 0. The second-order valence-electron chi connectivity index (χ2n) is 7.23. The number of carbonyl (C=O) groups excluding carboxylic acids is 2. The van der Waals surface area contributed by atoms with Gasteiger partial charge >= 0.3 is 0 Å². The maximum absolute atomic E-state index is 11.3. The molecule has 0 aromatic carbocycles. The molecule has 0 saturated heterocycles. The molecule has 0 saturated carbocycles. The van der Waals surface area contributed by atoms with Crippen LogP contribution in [0.5, 0.6) is 0 Å². The van der Waals surface area contributed by atoms with E-state index >= 15 is 0 Å². The van der Waals surface area contributed by atoms with Crippen LogP contribution in [0.3, 0.4) is 0 Å². The van der Waals surface area contributed by atoms with Gasteiger partial charge in [0.05, 0.1) is 0 Å².